The monoisotopic (exact) mass is 309 g/mol. The number of nitrogens with zero attached hydrogens (tertiary/aromatic N) is 3. The first-order valence-electron chi connectivity index (χ1n) is 7.85. The highest BCUT2D eigenvalue weighted by Crippen LogP contribution is 2.25. The maximum absolute atomic E-state index is 12.4. The number of thiazole rings is 1. The predicted octanol–water partition coefficient (Wildman–Crippen LogP) is 1.38. The molecule has 0 bridgehead atoms. The average Bonchev–Trinajstić information content (AvgIpc) is 3.15. The zero-order chi connectivity index (χ0) is 14.8. The molecule has 6 heteroatoms. The van der Waals surface area contributed by atoms with Crippen LogP contribution >= 0.6 is 11.3 Å². The Bertz CT molecular complexity index is 497. The highest BCUT2D eigenvalue weighted by atomic mass is 32.1. The van der Waals surface area contributed by atoms with E-state index in [0.717, 1.165) is 61.7 Å². The zero-order valence-corrected chi connectivity index (χ0v) is 13.3. The molecular weight excluding hydrogens is 286 g/mol. The molecule has 21 heavy (non-hydrogen) atoms. The van der Waals surface area contributed by atoms with Crippen molar-refractivity contribution in [3.05, 3.63) is 16.1 Å². The number of piperazine rings is 1. The van der Waals surface area contributed by atoms with Crippen molar-refractivity contribution in [2.45, 2.75) is 44.8 Å². The first-order chi connectivity index (χ1) is 10.2. The van der Waals surface area contributed by atoms with Crippen LogP contribution in [0, 0.1) is 0 Å². The fourth-order valence-electron chi connectivity index (χ4n) is 3.33. The minimum atomic E-state index is -0.180. The van der Waals surface area contributed by atoms with Gasteiger partial charge in [-0.2, -0.15) is 0 Å². The van der Waals surface area contributed by atoms with Gasteiger partial charge in [-0.25, -0.2) is 4.98 Å². The highest BCUT2D eigenvalue weighted by molar-refractivity contribution is 7.13. The van der Waals surface area contributed by atoms with E-state index in [-0.39, 0.29) is 12.0 Å². The number of hydrogen-bond donors (Lipinski definition) is 1. The SMILES string of the molecule is CCc1ncc(C(=O)N2CCN(C3CCCC3O)CC2)s1. The highest BCUT2D eigenvalue weighted by Gasteiger charge is 2.33. The van der Waals surface area contributed by atoms with Gasteiger partial charge in [-0.15, -0.1) is 11.3 Å². The van der Waals surface area contributed by atoms with Crippen molar-refractivity contribution in [1.29, 1.82) is 0 Å². The van der Waals surface area contributed by atoms with Gasteiger partial charge in [-0.05, 0) is 25.7 Å². The van der Waals surface area contributed by atoms with Crippen molar-refractivity contribution in [3.63, 3.8) is 0 Å². The molecule has 2 atom stereocenters. The molecule has 0 radical (unpaired) electrons. The third-order valence-electron chi connectivity index (χ3n) is 4.58. The summed E-state index contributed by atoms with van der Waals surface area (Å²) in [5.74, 6) is 0.110. The number of aliphatic hydroxyl groups is 1. The van der Waals surface area contributed by atoms with Crippen LogP contribution in [0.5, 0.6) is 0 Å². The maximum atomic E-state index is 12.4. The average molecular weight is 309 g/mol. The summed E-state index contributed by atoms with van der Waals surface area (Å²) in [6.07, 6.45) is 5.53. The van der Waals surface area contributed by atoms with Gasteiger partial charge < -0.3 is 10.0 Å². The number of aliphatic hydroxyl groups excluding tert-OH is 1. The van der Waals surface area contributed by atoms with E-state index in [4.69, 9.17) is 0 Å². The van der Waals surface area contributed by atoms with Gasteiger partial charge in [0.25, 0.3) is 5.91 Å². The number of carbonyl (C=O) groups excluding carboxylic acids is 1. The number of hydrogen-bond acceptors (Lipinski definition) is 5. The summed E-state index contributed by atoms with van der Waals surface area (Å²) in [4.78, 5) is 21.7. The largest absolute Gasteiger partial charge is 0.391 e. The van der Waals surface area contributed by atoms with Crippen LogP contribution in [0.25, 0.3) is 0 Å². The molecule has 1 aliphatic carbocycles. The summed E-state index contributed by atoms with van der Waals surface area (Å²) in [5, 5.41) is 11.0. The lowest BCUT2D eigenvalue weighted by molar-refractivity contribution is 0.0317. The third kappa shape index (κ3) is 3.12. The predicted molar refractivity (Wildman–Crippen MR) is 82.6 cm³/mol. The quantitative estimate of drug-likeness (QED) is 0.916. The van der Waals surface area contributed by atoms with Crippen LogP contribution in [0.4, 0.5) is 0 Å². The number of amides is 1. The van der Waals surface area contributed by atoms with Gasteiger partial charge in [-0.3, -0.25) is 9.69 Å². The minimum Gasteiger partial charge on any atom is -0.391 e. The molecule has 1 N–H and O–H groups in total. The Hall–Kier alpha value is -0.980. The molecule has 1 aromatic heterocycles. The lowest BCUT2D eigenvalue weighted by atomic mass is 10.1. The molecule has 0 spiro atoms. The fraction of sp³-hybridized carbons (Fsp3) is 0.733. The van der Waals surface area contributed by atoms with Crippen LogP contribution in [0.2, 0.25) is 0 Å². The van der Waals surface area contributed by atoms with Crippen molar-refractivity contribution in [1.82, 2.24) is 14.8 Å². The second-order valence-electron chi connectivity index (χ2n) is 5.87. The van der Waals surface area contributed by atoms with Crippen LogP contribution in [0.3, 0.4) is 0 Å². The topological polar surface area (TPSA) is 56.7 Å². The molecule has 1 saturated heterocycles. The first-order valence-corrected chi connectivity index (χ1v) is 8.66. The molecule has 1 amide bonds. The molecule has 1 saturated carbocycles. The number of aryl methyl sites for hydroxylation is 1. The van der Waals surface area contributed by atoms with Crippen molar-refractivity contribution in [3.8, 4) is 0 Å². The van der Waals surface area contributed by atoms with E-state index >= 15 is 0 Å². The number of carbonyl (C=O) groups is 1. The Morgan fingerprint density at radius 1 is 1.38 bits per heavy atom. The second kappa shape index (κ2) is 6.42. The molecule has 0 aromatic carbocycles. The van der Waals surface area contributed by atoms with Crippen molar-refractivity contribution >= 4 is 17.2 Å². The Morgan fingerprint density at radius 2 is 2.14 bits per heavy atom. The van der Waals surface area contributed by atoms with Crippen LogP contribution in [0.15, 0.2) is 6.20 Å². The maximum Gasteiger partial charge on any atom is 0.265 e. The summed E-state index contributed by atoms with van der Waals surface area (Å²) < 4.78 is 0. The van der Waals surface area contributed by atoms with E-state index in [1.54, 1.807) is 6.20 Å². The first kappa shape index (κ1) is 14.9. The van der Waals surface area contributed by atoms with E-state index in [1.165, 1.54) is 11.3 Å². The van der Waals surface area contributed by atoms with Gasteiger partial charge in [0.15, 0.2) is 0 Å². The van der Waals surface area contributed by atoms with E-state index in [2.05, 4.69) is 16.8 Å². The fourth-order valence-corrected chi connectivity index (χ4v) is 4.16. The summed E-state index contributed by atoms with van der Waals surface area (Å²) >= 11 is 1.51. The molecule has 3 rings (SSSR count). The number of aromatic nitrogens is 1. The van der Waals surface area contributed by atoms with Gasteiger partial charge in [0.2, 0.25) is 0 Å². The van der Waals surface area contributed by atoms with Gasteiger partial charge in [0, 0.05) is 32.2 Å². The van der Waals surface area contributed by atoms with E-state index < -0.39 is 0 Å². The molecule has 1 aromatic rings. The molecule has 2 unspecified atom stereocenters. The van der Waals surface area contributed by atoms with Crippen molar-refractivity contribution < 1.29 is 9.90 Å². The standard InChI is InChI=1S/C15H23N3O2S/c1-2-14-16-10-13(21-14)15(20)18-8-6-17(7-9-18)11-4-3-5-12(11)19/h10-12,19H,2-9H2,1H3. The number of rotatable bonds is 3. The summed E-state index contributed by atoms with van der Waals surface area (Å²) in [6, 6.07) is 0.303. The Morgan fingerprint density at radius 3 is 2.71 bits per heavy atom. The Labute approximate surface area is 129 Å². The lowest BCUT2D eigenvalue weighted by Crippen LogP contribution is -2.53. The summed E-state index contributed by atoms with van der Waals surface area (Å²) in [5.41, 5.74) is 0. The van der Waals surface area contributed by atoms with Crippen LogP contribution in [-0.4, -0.2) is 64.1 Å². The molecule has 2 fully saturated rings. The van der Waals surface area contributed by atoms with Crippen LogP contribution in [0.1, 0.15) is 40.9 Å². The molecule has 116 valence electrons. The van der Waals surface area contributed by atoms with Gasteiger partial charge in [-0.1, -0.05) is 6.92 Å². The molecule has 1 aliphatic heterocycles. The minimum absolute atomic E-state index is 0.110. The van der Waals surface area contributed by atoms with Gasteiger partial charge in [0.1, 0.15) is 4.88 Å². The molecule has 2 aliphatic rings. The third-order valence-corrected chi connectivity index (χ3v) is 5.71. The lowest BCUT2D eigenvalue weighted by Gasteiger charge is -2.38. The zero-order valence-electron chi connectivity index (χ0n) is 12.5. The Kier molecular flexibility index (Phi) is 4.57. The smallest absolute Gasteiger partial charge is 0.265 e. The second-order valence-corrected chi connectivity index (χ2v) is 6.98. The molecule has 5 nitrogen and oxygen atoms in total. The molecular formula is C15H23N3O2S. The summed E-state index contributed by atoms with van der Waals surface area (Å²) in [6.45, 7) is 5.29. The van der Waals surface area contributed by atoms with Gasteiger partial charge in [0.05, 0.1) is 17.3 Å². The normalized spacial score (nSPS) is 27.2. The van der Waals surface area contributed by atoms with Crippen LogP contribution in [-0.2, 0) is 6.42 Å². The Balaban J connectivity index is 1.56. The van der Waals surface area contributed by atoms with Gasteiger partial charge >= 0.3 is 0 Å². The van der Waals surface area contributed by atoms with Crippen molar-refractivity contribution in [2.24, 2.45) is 0 Å². The van der Waals surface area contributed by atoms with E-state index in [1.807, 2.05) is 4.90 Å². The van der Waals surface area contributed by atoms with Crippen molar-refractivity contribution in [2.75, 3.05) is 26.2 Å². The molecule has 2 heterocycles. The van der Waals surface area contributed by atoms with Crippen LogP contribution < -0.4 is 0 Å². The van der Waals surface area contributed by atoms with E-state index in [0.29, 0.717) is 6.04 Å². The summed E-state index contributed by atoms with van der Waals surface area (Å²) in [7, 11) is 0. The van der Waals surface area contributed by atoms with E-state index in [9.17, 15) is 9.90 Å².